The van der Waals surface area contributed by atoms with Crippen LogP contribution in [0.4, 0.5) is 0 Å². The van der Waals surface area contributed by atoms with Crippen molar-refractivity contribution in [3.05, 3.63) is 56.7 Å². The fourth-order valence-electron chi connectivity index (χ4n) is 2.59. The summed E-state index contributed by atoms with van der Waals surface area (Å²) in [5, 5.41) is 18.8. The van der Waals surface area contributed by atoms with E-state index in [0.717, 1.165) is 11.3 Å². The zero-order chi connectivity index (χ0) is 20.1. The second-order valence-corrected chi connectivity index (χ2v) is 8.13. The molecule has 2 heterocycles. The largest absolute Gasteiger partial charge is 0.392 e. The predicted molar refractivity (Wildman–Crippen MR) is 108 cm³/mol. The normalized spacial score (nSPS) is 16.8. The zero-order valence-corrected chi connectivity index (χ0v) is 16.7. The minimum atomic E-state index is -0.595. The van der Waals surface area contributed by atoms with E-state index in [2.05, 4.69) is 15.8 Å². The standard InChI is InChI=1S/C19H20ClN3O4S/c1-11(24)9-21-18(25)13-4-2-12(3-5-13)15-8-14(27-23-15)10-22-19(26)16-6-7-17(20)28-16/h2-7,11,14,24H,8-10H2,1H3,(H,21,25)(H,22,26). The van der Waals surface area contributed by atoms with Crippen LogP contribution in [0.1, 0.15) is 38.9 Å². The Morgan fingerprint density at radius 1 is 1.25 bits per heavy atom. The fraction of sp³-hybridized carbons (Fsp3) is 0.316. The summed E-state index contributed by atoms with van der Waals surface area (Å²) in [5.41, 5.74) is 2.11. The summed E-state index contributed by atoms with van der Waals surface area (Å²) in [7, 11) is 0. The summed E-state index contributed by atoms with van der Waals surface area (Å²) >= 11 is 7.06. The van der Waals surface area contributed by atoms with Gasteiger partial charge in [0, 0.05) is 18.5 Å². The first-order valence-corrected chi connectivity index (χ1v) is 9.94. The molecule has 3 N–H and O–H groups in total. The van der Waals surface area contributed by atoms with Crippen LogP contribution >= 0.6 is 22.9 Å². The molecule has 0 bridgehead atoms. The van der Waals surface area contributed by atoms with Crippen LogP contribution in [0, 0.1) is 0 Å². The highest BCUT2D eigenvalue weighted by molar-refractivity contribution is 7.17. The number of amides is 2. The van der Waals surface area contributed by atoms with Crippen molar-refractivity contribution in [1.82, 2.24) is 10.6 Å². The summed E-state index contributed by atoms with van der Waals surface area (Å²) in [6.07, 6.45) is -0.287. The van der Waals surface area contributed by atoms with E-state index in [0.29, 0.717) is 27.7 Å². The Labute approximate surface area is 171 Å². The van der Waals surface area contributed by atoms with Crippen LogP contribution in [-0.4, -0.2) is 47.9 Å². The lowest BCUT2D eigenvalue weighted by Gasteiger charge is -2.09. The van der Waals surface area contributed by atoms with E-state index in [-0.39, 0.29) is 24.5 Å². The molecular formula is C19H20ClN3O4S. The van der Waals surface area contributed by atoms with Crippen LogP contribution < -0.4 is 10.6 Å². The van der Waals surface area contributed by atoms with Crippen molar-refractivity contribution in [2.24, 2.45) is 5.16 Å². The minimum absolute atomic E-state index is 0.193. The van der Waals surface area contributed by atoms with E-state index in [1.54, 1.807) is 43.3 Å². The average Bonchev–Trinajstić information content (AvgIpc) is 3.33. The Bertz CT molecular complexity index is 880. The molecule has 0 fully saturated rings. The van der Waals surface area contributed by atoms with E-state index >= 15 is 0 Å². The second kappa shape index (κ2) is 9.18. The van der Waals surface area contributed by atoms with Gasteiger partial charge in [-0.05, 0) is 36.8 Å². The summed E-state index contributed by atoms with van der Waals surface area (Å²) < 4.78 is 0.566. The first-order valence-electron chi connectivity index (χ1n) is 8.75. The quantitative estimate of drug-likeness (QED) is 0.639. The van der Waals surface area contributed by atoms with E-state index in [1.165, 1.54) is 11.3 Å². The molecule has 0 radical (unpaired) electrons. The van der Waals surface area contributed by atoms with E-state index in [4.69, 9.17) is 16.4 Å². The monoisotopic (exact) mass is 421 g/mol. The van der Waals surface area contributed by atoms with Crippen LogP contribution in [0.5, 0.6) is 0 Å². The van der Waals surface area contributed by atoms with Gasteiger partial charge in [0.25, 0.3) is 11.8 Å². The molecule has 2 aromatic rings. The molecule has 0 spiro atoms. The van der Waals surface area contributed by atoms with Crippen LogP contribution in [-0.2, 0) is 4.84 Å². The number of hydrogen-bond donors (Lipinski definition) is 3. The molecule has 2 amide bonds. The molecule has 2 atom stereocenters. The maximum Gasteiger partial charge on any atom is 0.261 e. The lowest BCUT2D eigenvalue weighted by atomic mass is 10.0. The number of oxime groups is 1. The molecule has 1 aliphatic heterocycles. The number of aliphatic hydroxyl groups excluding tert-OH is 1. The molecule has 0 aliphatic carbocycles. The molecule has 1 aromatic carbocycles. The molecule has 9 heteroatoms. The Hall–Kier alpha value is -2.42. The lowest BCUT2D eigenvalue weighted by molar-refractivity contribution is 0.0755. The van der Waals surface area contributed by atoms with Crippen molar-refractivity contribution in [2.45, 2.75) is 25.6 Å². The third-order valence-electron chi connectivity index (χ3n) is 4.06. The average molecular weight is 422 g/mol. The summed E-state index contributed by atoms with van der Waals surface area (Å²) in [6, 6.07) is 10.4. The van der Waals surface area contributed by atoms with Gasteiger partial charge in [0.05, 0.1) is 27.6 Å². The molecule has 2 unspecified atom stereocenters. The van der Waals surface area contributed by atoms with E-state index < -0.39 is 6.10 Å². The van der Waals surface area contributed by atoms with Crippen LogP contribution in [0.2, 0.25) is 4.34 Å². The number of hydrogen-bond acceptors (Lipinski definition) is 6. The number of aliphatic hydroxyl groups is 1. The third-order valence-corrected chi connectivity index (χ3v) is 5.29. The van der Waals surface area contributed by atoms with Gasteiger partial charge in [-0.15, -0.1) is 11.3 Å². The fourth-order valence-corrected chi connectivity index (χ4v) is 3.55. The maximum absolute atomic E-state index is 12.1. The topological polar surface area (TPSA) is 100 Å². The maximum atomic E-state index is 12.1. The van der Waals surface area contributed by atoms with Crippen molar-refractivity contribution in [3.63, 3.8) is 0 Å². The van der Waals surface area contributed by atoms with E-state index in [9.17, 15) is 14.7 Å². The first kappa shape index (κ1) is 20.3. The third kappa shape index (κ3) is 5.31. The van der Waals surface area contributed by atoms with Gasteiger partial charge in [-0.1, -0.05) is 28.9 Å². The number of thiophene rings is 1. The zero-order valence-electron chi connectivity index (χ0n) is 15.1. The SMILES string of the molecule is CC(O)CNC(=O)c1ccc(C2=NOC(CNC(=O)c3ccc(Cl)s3)C2)cc1. The smallest absolute Gasteiger partial charge is 0.261 e. The van der Waals surface area contributed by atoms with Crippen molar-refractivity contribution < 1.29 is 19.5 Å². The van der Waals surface area contributed by atoms with Crippen LogP contribution in [0.25, 0.3) is 0 Å². The Morgan fingerprint density at radius 3 is 2.64 bits per heavy atom. The molecule has 1 aliphatic rings. The van der Waals surface area contributed by atoms with Gasteiger partial charge >= 0.3 is 0 Å². The predicted octanol–water partition coefficient (Wildman–Crippen LogP) is 2.44. The number of carbonyl (C=O) groups is 2. The number of halogens is 1. The van der Waals surface area contributed by atoms with Gasteiger partial charge in [-0.25, -0.2) is 0 Å². The van der Waals surface area contributed by atoms with Crippen molar-refractivity contribution >= 4 is 40.5 Å². The van der Waals surface area contributed by atoms with Crippen molar-refractivity contribution in [3.8, 4) is 0 Å². The highest BCUT2D eigenvalue weighted by Crippen LogP contribution is 2.21. The number of nitrogens with zero attached hydrogens (tertiary/aromatic N) is 1. The van der Waals surface area contributed by atoms with Gasteiger partial charge in [0.2, 0.25) is 0 Å². The first-order chi connectivity index (χ1) is 13.4. The van der Waals surface area contributed by atoms with Gasteiger partial charge in [0.1, 0.15) is 6.10 Å². The minimum Gasteiger partial charge on any atom is -0.392 e. The number of nitrogens with one attached hydrogen (secondary N) is 2. The number of rotatable bonds is 7. The van der Waals surface area contributed by atoms with Crippen molar-refractivity contribution in [1.29, 1.82) is 0 Å². The second-order valence-electron chi connectivity index (χ2n) is 6.42. The van der Waals surface area contributed by atoms with Crippen LogP contribution in [0.15, 0.2) is 41.6 Å². The Balaban J connectivity index is 1.49. The van der Waals surface area contributed by atoms with Gasteiger partial charge in [0.15, 0.2) is 0 Å². The van der Waals surface area contributed by atoms with Gasteiger partial charge in [-0.2, -0.15) is 0 Å². The molecule has 0 saturated carbocycles. The molecule has 3 rings (SSSR count). The molecule has 7 nitrogen and oxygen atoms in total. The van der Waals surface area contributed by atoms with Gasteiger partial charge < -0.3 is 20.6 Å². The summed E-state index contributed by atoms with van der Waals surface area (Å²) in [5.74, 6) is -0.437. The summed E-state index contributed by atoms with van der Waals surface area (Å²) in [6.45, 7) is 2.14. The number of carbonyl (C=O) groups excluding carboxylic acids is 2. The van der Waals surface area contributed by atoms with Crippen molar-refractivity contribution in [2.75, 3.05) is 13.1 Å². The summed E-state index contributed by atoms with van der Waals surface area (Å²) in [4.78, 5) is 30.0. The number of benzene rings is 1. The molecule has 148 valence electrons. The Morgan fingerprint density at radius 2 is 2.00 bits per heavy atom. The van der Waals surface area contributed by atoms with Gasteiger partial charge in [-0.3, -0.25) is 9.59 Å². The highest BCUT2D eigenvalue weighted by Gasteiger charge is 2.23. The molecule has 1 aromatic heterocycles. The highest BCUT2D eigenvalue weighted by atomic mass is 35.5. The lowest BCUT2D eigenvalue weighted by Crippen LogP contribution is -2.31. The van der Waals surface area contributed by atoms with E-state index in [1.807, 2.05) is 0 Å². The van der Waals surface area contributed by atoms with Crippen LogP contribution in [0.3, 0.4) is 0 Å². The molecular weight excluding hydrogens is 402 g/mol. The Kier molecular flexibility index (Phi) is 6.66. The molecule has 0 saturated heterocycles. The molecule has 28 heavy (non-hydrogen) atoms.